The Morgan fingerprint density at radius 1 is 1.40 bits per heavy atom. The summed E-state index contributed by atoms with van der Waals surface area (Å²) in [7, 11) is 0. The van der Waals surface area contributed by atoms with E-state index in [1.54, 1.807) is 11.3 Å². The fraction of sp³-hybridized carbons (Fsp3) is 0.375. The normalized spacial score (nSPS) is 16.1. The van der Waals surface area contributed by atoms with E-state index in [4.69, 9.17) is 5.73 Å². The molecular formula is C16H19BrN2S. The highest BCUT2D eigenvalue weighted by Crippen LogP contribution is 2.37. The van der Waals surface area contributed by atoms with Gasteiger partial charge in [-0.05, 0) is 65.9 Å². The van der Waals surface area contributed by atoms with Crippen LogP contribution in [0.1, 0.15) is 36.9 Å². The molecule has 106 valence electrons. The highest BCUT2D eigenvalue weighted by Gasteiger charge is 2.31. The van der Waals surface area contributed by atoms with Crippen LogP contribution in [0.5, 0.6) is 0 Å². The van der Waals surface area contributed by atoms with Crippen molar-refractivity contribution in [3.05, 3.63) is 50.6 Å². The largest absolute Gasteiger partial charge is 0.364 e. The molecule has 20 heavy (non-hydrogen) atoms. The predicted molar refractivity (Wildman–Crippen MR) is 90.3 cm³/mol. The van der Waals surface area contributed by atoms with Crippen molar-refractivity contribution in [2.24, 2.45) is 5.73 Å². The first-order valence-electron chi connectivity index (χ1n) is 6.98. The zero-order valence-corrected chi connectivity index (χ0v) is 14.0. The van der Waals surface area contributed by atoms with Gasteiger partial charge in [0.25, 0.3) is 0 Å². The minimum atomic E-state index is 0.0474. The standard InChI is InChI=1S/C16H19BrN2S/c1-11(18)15-8-13(17)2-5-16(15)19(14-3-4-14)9-12-6-7-20-10-12/h2,5-8,10-11,14H,3-4,9,18H2,1H3. The van der Waals surface area contributed by atoms with Crippen LogP contribution in [0.15, 0.2) is 39.5 Å². The fourth-order valence-electron chi connectivity index (χ4n) is 2.53. The molecule has 2 nitrogen and oxygen atoms in total. The number of hydrogen-bond donors (Lipinski definition) is 1. The van der Waals surface area contributed by atoms with Gasteiger partial charge in [0, 0.05) is 28.8 Å². The first-order valence-corrected chi connectivity index (χ1v) is 8.71. The summed E-state index contributed by atoms with van der Waals surface area (Å²) in [6, 6.07) is 9.41. The molecule has 0 amide bonds. The van der Waals surface area contributed by atoms with Crippen molar-refractivity contribution in [1.82, 2.24) is 0 Å². The van der Waals surface area contributed by atoms with Gasteiger partial charge < -0.3 is 10.6 Å². The van der Waals surface area contributed by atoms with Gasteiger partial charge in [0.1, 0.15) is 0 Å². The molecule has 0 saturated heterocycles. The number of anilines is 1. The minimum absolute atomic E-state index is 0.0474. The lowest BCUT2D eigenvalue weighted by Gasteiger charge is -2.28. The van der Waals surface area contributed by atoms with Crippen molar-refractivity contribution in [3.8, 4) is 0 Å². The molecule has 1 aromatic carbocycles. The van der Waals surface area contributed by atoms with E-state index >= 15 is 0 Å². The van der Waals surface area contributed by atoms with Crippen molar-refractivity contribution in [3.63, 3.8) is 0 Å². The minimum Gasteiger partial charge on any atom is -0.364 e. The zero-order chi connectivity index (χ0) is 14.1. The summed E-state index contributed by atoms with van der Waals surface area (Å²) in [5.74, 6) is 0. The quantitative estimate of drug-likeness (QED) is 0.846. The van der Waals surface area contributed by atoms with Gasteiger partial charge in [-0.15, -0.1) is 0 Å². The van der Waals surface area contributed by atoms with E-state index in [1.165, 1.54) is 29.7 Å². The van der Waals surface area contributed by atoms with E-state index in [0.717, 1.165) is 11.0 Å². The van der Waals surface area contributed by atoms with Crippen LogP contribution in [-0.2, 0) is 6.54 Å². The topological polar surface area (TPSA) is 29.3 Å². The molecule has 3 rings (SSSR count). The molecule has 1 aromatic heterocycles. The highest BCUT2D eigenvalue weighted by molar-refractivity contribution is 9.10. The van der Waals surface area contributed by atoms with Crippen molar-refractivity contribution in [2.75, 3.05) is 4.90 Å². The number of nitrogens with two attached hydrogens (primary N) is 1. The van der Waals surface area contributed by atoms with Crippen LogP contribution in [-0.4, -0.2) is 6.04 Å². The number of hydrogen-bond acceptors (Lipinski definition) is 3. The van der Waals surface area contributed by atoms with Crippen LogP contribution >= 0.6 is 27.3 Å². The molecule has 1 aliphatic carbocycles. The molecule has 1 fully saturated rings. The Morgan fingerprint density at radius 3 is 2.80 bits per heavy atom. The summed E-state index contributed by atoms with van der Waals surface area (Å²) in [5.41, 5.74) is 10.1. The number of thiophene rings is 1. The van der Waals surface area contributed by atoms with E-state index < -0.39 is 0 Å². The van der Waals surface area contributed by atoms with Crippen molar-refractivity contribution >= 4 is 33.0 Å². The molecule has 0 spiro atoms. The zero-order valence-electron chi connectivity index (χ0n) is 11.6. The second-order valence-corrected chi connectivity index (χ2v) is 7.18. The Morgan fingerprint density at radius 2 is 2.20 bits per heavy atom. The summed E-state index contributed by atoms with van der Waals surface area (Å²) in [5, 5.41) is 4.38. The first-order chi connectivity index (χ1) is 9.65. The van der Waals surface area contributed by atoms with Gasteiger partial charge in [-0.3, -0.25) is 0 Å². The monoisotopic (exact) mass is 350 g/mol. The summed E-state index contributed by atoms with van der Waals surface area (Å²) in [4.78, 5) is 2.52. The van der Waals surface area contributed by atoms with Gasteiger partial charge in [0.2, 0.25) is 0 Å². The van der Waals surface area contributed by atoms with Crippen LogP contribution in [0.2, 0.25) is 0 Å². The maximum atomic E-state index is 6.17. The van der Waals surface area contributed by atoms with E-state index in [2.05, 4.69) is 62.8 Å². The second kappa shape index (κ2) is 5.88. The predicted octanol–water partition coefficient (Wildman–Crippen LogP) is 4.70. The maximum Gasteiger partial charge on any atom is 0.0440 e. The van der Waals surface area contributed by atoms with Crippen molar-refractivity contribution < 1.29 is 0 Å². The van der Waals surface area contributed by atoms with Crippen molar-refractivity contribution in [2.45, 2.75) is 38.4 Å². The number of benzene rings is 1. The third kappa shape index (κ3) is 3.08. The van der Waals surface area contributed by atoms with Gasteiger partial charge in [-0.1, -0.05) is 15.9 Å². The Kier molecular flexibility index (Phi) is 4.15. The molecular weight excluding hydrogens is 332 g/mol. The Labute approximate surface area is 132 Å². The average Bonchev–Trinajstić information content (AvgIpc) is 3.13. The lowest BCUT2D eigenvalue weighted by Crippen LogP contribution is -2.27. The third-order valence-electron chi connectivity index (χ3n) is 3.71. The molecule has 0 radical (unpaired) electrons. The van der Waals surface area contributed by atoms with E-state index in [9.17, 15) is 0 Å². The summed E-state index contributed by atoms with van der Waals surface area (Å²) < 4.78 is 1.10. The number of nitrogens with zero attached hydrogens (tertiary/aromatic N) is 1. The molecule has 1 saturated carbocycles. The van der Waals surface area contributed by atoms with Crippen LogP contribution in [0, 0.1) is 0 Å². The van der Waals surface area contributed by atoms with Gasteiger partial charge in [0.05, 0.1) is 0 Å². The van der Waals surface area contributed by atoms with E-state index in [-0.39, 0.29) is 6.04 Å². The smallest absolute Gasteiger partial charge is 0.0440 e. The fourth-order valence-corrected chi connectivity index (χ4v) is 3.57. The van der Waals surface area contributed by atoms with Gasteiger partial charge >= 0.3 is 0 Å². The van der Waals surface area contributed by atoms with Crippen LogP contribution < -0.4 is 10.6 Å². The Balaban J connectivity index is 1.95. The van der Waals surface area contributed by atoms with Crippen LogP contribution in [0.3, 0.4) is 0 Å². The molecule has 0 aliphatic heterocycles. The lowest BCUT2D eigenvalue weighted by atomic mass is 10.1. The molecule has 0 bridgehead atoms. The lowest BCUT2D eigenvalue weighted by molar-refractivity contribution is 0.759. The van der Waals surface area contributed by atoms with E-state index in [1.807, 2.05) is 0 Å². The average molecular weight is 351 g/mol. The molecule has 2 aromatic rings. The van der Waals surface area contributed by atoms with Gasteiger partial charge in [-0.2, -0.15) is 11.3 Å². The summed E-state index contributed by atoms with van der Waals surface area (Å²) >= 11 is 5.32. The molecule has 4 heteroatoms. The van der Waals surface area contributed by atoms with Gasteiger partial charge in [-0.25, -0.2) is 0 Å². The third-order valence-corrected chi connectivity index (χ3v) is 4.94. The summed E-state index contributed by atoms with van der Waals surface area (Å²) in [6.07, 6.45) is 2.58. The maximum absolute atomic E-state index is 6.17. The summed E-state index contributed by atoms with van der Waals surface area (Å²) in [6.45, 7) is 3.04. The number of rotatable bonds is 5. The second-order valence-electron chi connectivity index (χ2n) is 5.48. The molecule has 1 unspecified atom stereocenters. The number of halogens is 1. The molecule has 1 heterocycles. The Bertz CT molecular complexity index is 576. The van der Waals surface area contributed by atoms with Gasteiger partial charge in [0.15, 0.2) is 0 Å². The SMILES string of the molecule is CC(N)c1cc(Br)ccc1N(Cc1ccsc1)C1CC1. The molecule has 2 N–H and O–H groups in total. The molecule has 1 atom stereocenters. The highest BCUT2D eigenvalue weighted by atomic mass is 79.9. The molecule has 1 aliphatic rings. The first kappa shape index (κ1) is 14.1. The Hall–Kier alpha value is -0.840. The van der Waals surface area contributed by atoms with Crippen LogP contribution in [0.4, 0.5) is 5.69 Å². The van der Waals surface area contributed by atoms with Crippen molar-refractivity contribution in [1.29, 1.82) is 0 Å². The van der Waals surface area contributed by atoms with E-state index in [0.29, 0.717) is 6.04 Å². The van der Waals surface area contributed by atoms with Crippen LogP contribution in [0.25, 0.3) is 0 Å².